The number of halogens is 1. The van der Waals surface area contributed by atoms with E-state index in [-0.39, 0.29) is 12.5 Å². The van der Waals surface area contributed by atoms with Crippen molar-refractivity contribution in [2.75, 3.05) is 6.54 Å². The minimum Gasteiger partial charge on any atom is -0.457 e. The summed E-state index contributed by atoms with van der Waals surface area (Å²) in [5.74, 6) is 0.777. The molecule has 23 heavy (non-hydrogen) atoms. The van der Waals surface area contributed by atoms with Crippen LogP contribution in [0, 0.1) is 0 Å². The standard InChI is InChI=1S/C17H14ClNO3S/c18-12-5-2-1-4-11(12)17(21)19-10-13(20)14-7-8-15(22-14)16-6-3-9-23-16/h1-9,13,20H,10H2,(H,19,21). The summed E-state index contributed by atoms with van der Waals surface area (Å²) in [6.07, 6.45) is -0.921. The Morgan fingerprint density at radius 1 is 1.22 bits per heavy atom. The molecular weight excluding hydrogens is 334 g/mol. The highest BCUT2D eigenvalue weighted by Gasteiger charge is 2.16. The highest BCUT2D eigenvalue weighted by molar-refractivity contribution is 7.13. The van der Waals surface area contributed by atoms with Gasteiger partial charge in [-0.25, -0.2) is 0 Å². The number of amides is 1. The van der Waals surface area contributed by atoms with Gasteiger partial charge in [0.2, 0.25) is 0 Å². The molecule has 1 unspecified atom stereocenters. The molecule has 0 aliphatic carbocycles. The molecule has 2 heterocycles. The second kappa shape index (κ2) is 7.00. The summed E-state index contributed by atoms with van der Waals surface area (Å²) in [7, 11) is 0. The van der Waals surface area contributed by atoms with Crippen molar-refractivity contribution in [3.8, 4) is 10.6 Å². The van der Waals surface area contributed by atoms with Crippen molar-refractivity contribution in [1.29, 1.82) is 0 Å². The molecule has 1 atom stereocenters. The van der Waals surface area contributed by atoms with Gasteiger partial charge in [0, 0.05) is 0 Å². The summed E-state index contributed by atoms with van der Waals surface area (Å²) in [5, 5.41) is 15.1. The lowest BCUT2D eigenvalue weighted by atomic mass is 10.2. The lowest BCUT2D eigenvalue weighted by molar-refractivity contribution is 0.0902. The number of carbonyl (C=O) groups excluding carboxylic acids is 1. The average molecular weight is 348 g/mol. The summed E-state index contributed by atoms with van der Waals surface area (Å²) in [5.41, 5.74) is 0.375. The van der Waals surface area contributed by atoms with Crippen molar-refractivity contribution in [2.24, 2.45) is 0 Å². The van der Waals surface area contributed by atoms with Gasteiger partial charge in [0.1, 0.15) is 17.6 Å². The molecule has 2 aromatic heterocycles. The van der Waals surface area contributed by atoms with Crippen LogP contribution in [0.5, 0.6) is 0 Å². The predicted molar refractivity (Wildman–Crippen MR) is 90.8 cm³/mol. The van der Waals surface area contributed by atoms with Gasteiger partial charge >= 0.3 is 0 Å². The van der Waals surface area contributed by atoms with Crippen LogP contribution in [0.2, 0.25) is 5.02 Å². The minimum atomic E-state index is -0.921. The molecule has 6 heteroatoms. The topological polar surface area (TPSA) is 62.5 Å². The van der Waals surface area contributed by atoms with E-state index < -0.39 is 6.10 Å². The van der Waals surface area contributed by atoms with Crippen LogP contribution in [-0.2, 0) is 0 Å². The number of carbonyl (C=O) groups is 1. The van der Waals surface area contributed by atoms with Crippen molar-refractivity contribution in [1.82, 2.24) is 5.32 Å². The van der Waals surface area contributed by atoms with E-state index >= 15 is 0 Å². The number of thiophene rings is 1. The van der Waals surface area contributed by atoms with Crippen LogP contribution >= 0.6 is 22.9 Å². The van der Waals surface area contributed by atoms with Crippen LogP contribution < -0.4 is 5.32 Å². The Morgan fingerprint density at radius 2 is 2.04 bits per heavy atom. The first-order chi connectivity index (χ1) is 11.1. The summed E-state index contributed by atoms with van der Waals surface area (Å²) in [4.78, 5) is 13.0. The molecule has 118 valence electrons. The lowest BCUT2D eigenvalue weighted by Crippen LogP contribution is -2.28. The SMILES string of the molecule is O=C(NCC(O)c1ccc(-c2cccs2)o1)c1ccccc1Cl. The maximum absolute atomic E-state index is 12.1. The summed E-state index contributed by atoms with van der Waals surface area (Å²) >= 11 is 7.53. The number of benzene rings is 1. The van der Waals surface area contributed by atoms with Gasteiger partial charge in [-0.3, -0.25) is 4.79 Å². The molecule has 1 amide bonds. The van der Waals surface area contributed by atoms with Crippen molar-refractivity contribution < 1.29 is 14.3 Å². The van der Waals surface area contributed by atoms with E-state index in [1.165, 1.54) is 0 Å². The maximum atomic E-state index is 12.1. The lowest BCUT2D eigenvalue weighted by Gasteiger charge is -2.10. The number of hydrogen-bond donors (Lipinski definition) is 2. The van der Waals surface area contributed by atoms with Crippen molar-refractivity contribution in [2.45, 2.75) is 6.10 Å². The fraction of sp³-hybridized carbons (Fsp3) is 0.118. The quantitative estimate of drug-likeness (QED) is 0.729. The number of aliphatic hydroxyl groups is 1. The Balaban J connectivity index is 1.62. The van der Waals surface area contributed by atoms with E-state index in [9.17, 15) is 9.90 Å². The normalized spacial score (nSPS) is 12.1. The highest BCUT2D eigenvalue weighted by Crippen LogP contribution is 2.28. The summed E-state index contributed by atoms with van der Waals surface area (Å²) in [6, 6.07) is 14.2. The number of nitrogens with one attached hydrogen (secondary N) is 1. The molecule has 0 saturated heterocycles. The van der Waals surface area contributed by atoms with E-state index in [0.717, 1.165) is 4.88 Å². The molecule has 0 aliphatic heterocycles. The van der Waals surface area contributed by atoms with Crippen LogP contribution in [0.3, 0.4) is 0 Å². The third-order valence-electron chi connectivity index (χ3n) is 3.29. The first-order valence-corrected chi connectivity index (χ1v) is 8.25. The van der Waals surface area contributed by atoms with Gasteiger partial charge in [-0.15, -0.1) is 11.3 Å². The molecule has 4 nitrogen and oxygen atoms in total. The molecule has 0 saturated carbocycles. The van der Waals surface area contributed by atoms with E-state index in [4.69, 9.17) is 16.0 Å². The third kappa shape index (κ3) is 3.64. The molecule has 0 aliphatic rings. The Kier molecular flexibility index (Phi) is 4.81. The van der Waals surface area contributed by atoms with Gasteiger partial charge in [0.15, 0.2) is 0 Å². The molecule has 3 rings (SSSR count). The monoisotopic (exact) mass is 347 g/mol. The van der Waals surface area contributed by atoms with Crippen LogP contribution in [0.15, 0.2) is 58.3 Å². The van der Waals surface area contributed by atoms with Crippen LogP contribution in [0.4, 0.5) is 0 Å². The van der Waals surface area contributed by atoms with Crippen molar-refractivity contribution >= 4 is 28.8 Å². The molecule has 3 aromatic rings. The van der Waals surface area contributed by atoms with Gasteiger partial charge in [-0.05, 0) is 35.7 Å². The van der Waals surface area contributed by atoms with Crippen LogP contribution in [0.1, 0.15) is 22.2 Å². The van der Waals surface area contributed by atoms with Gasteiger partial charge in [-0.1, -0.05) is 29.8 Å². The Labute approximate surface area is 142 Å². The summed E-state index contributed by atoms with van der Waals surface area (Å²) < 4.78 is 5.63. The average Bonchev–Trinajstić information content (AvgIpc) is 3.23. The van der Waals surface area contributed by atoms with Crippen LogP contribution in [0.25, 0.3) is 10.6 Å². The van der Waals surface area contributed by atoms with Crippen molar-refractivity contribution in [3.05, 3.63) is 70.3 Å². The molecular formula is C17H14ClNO3S. The molecule has 0 radical (unpaired) electrons. The van der Waals surface area contributed by atoms with Gasteiger partial charge < -0.3 is 14.8 Å². The highest BCUT2D eigenvalue weighted by atomic mass is 35.5. The van der Waals surface area contributed by atoms with Gasteiger partial charge in [0.05, 0.1) is 22.0 Å². The van der Waals surface area contributed by atoms with Crippen LogP contribution in [-0.4, -0.2) is 17.6 Å². The Morgan fingerprint density at radius 3 is 2.78 bits per heavy atom. The fourth-order valence-electron chi connectivity index (χ4n) is 2.11. The van der Waals surface area contributed by atoms with E-state index in [1.54, 1.807) is 47.7 Å². The number of furan rings is 1. The number of rotatable bonds is 5. The summed E-state index contributed by atoms with van der Waals surface area (Å²) in [6.45, 7) is 0.0431. The van der Waals surface area contributed by atoms with E-state index in [0.29, 0.717) is 22.1 Å². The maximum Gasteiger partial charge on any atom is 0.252 e. The van der Waals surface area contributed by atoms with E-state index in [1.807, 2.05) is 17.5 Å². The number of hydrogen-bond acceptors (Lipinski definition) is 4. The van der Waals surface area contributed by atoms with Gasteiger partial charge in [-0.2, -0.15) is 0 Å². The van der Waals surface area contributed by atoms with E-state index in [2.05, 4.69) is 5.32 Å². The predicted octanol–water partition coefficient (Wildman–Crippen LogP) is 4.12. The minimum absolute atomic E-state index is 0.0431. The Hall–Kier alpha value is -2.08. The molecule has 1 aromatic carbocycles. The zero-order valence-corrected chi connectivity index (χ0v) is 13.6. The van der Waals surface area contributed by atoms with Crippen molar-refractivity contribution in [3.63, 3.8) is 0 Å². The molecule has 0 bridgehead atoms. The molecule has 2 N–H and O–H groups in total. The number of aliphatic hydroxyl groups excluding tert-OH is 1. The zero-order valence-electron chi connectivity index (χ0n) is 12.0. The Bertz CT molecular complexity index is 798. The largest absolute Gasteiger partial charge is 0.457 e. The second-order valence-electron chi connectivity index (χ2n) is 4.88. The first kappa shape index (κ1) is 15.8. The zero-order chi connectivity index (χ0) is 16.2. The smallest absolute Gasteiger partial charge is 0.252 e. The second-order valence-corrected chi connectivity index (χ2v) is 6.24. The van der Waals surface area contributed by atoms with Gasteiger partial charge in [0.25, 0.3) is 5.91 Å². The first-order valence-electron chi connectivity index (χ1n) is 6.99. The fourth-order valence-corrected chi connectivity index (χ4v) is 3.02. The third-order valence-corrected chi connectivity index (χ3v) is 4.51. The molecule has 0 spiro atoms. The molecule has 0 fully saturated rings.